The number of anilines is 1. The topological polar surface area (TPSA) is 19.4 Å². The van der Waals surface area contributed by atoms with Gasteiger partial charge in [-0.25, -0.2) is 0 Å². The van der Waals surface area contributed by atoms with E-state index < -0.39 is 0 Å². The van der Waals surface area contributed by atoms with E-state index in [2.05, 4.69) is 61.8 Å². The van der Waals surface area contributed by atoms with Crippen molar-refractivity contribution in [3.05, 3.63) is 24.0 Å². The first-order valence-electron chi connectivity index (χ1n) is 6.26. The van der Waals surface area contributed by atoms with Crippen LogP contribution in [0.2, 0.25) is 0 Å². The molecule has 1 aromatic rings. The second kappa shape index (κ2) is 4.30. The molecule has 0 aliphatic carbocycles. The summed E-state index contributed by atoms with van der Waals surface area (Å²) in [6, 6.07) is 4.97. The van der Waals surface area contributed by atoms with E-state index in [-0.39, 0.29) is 5.41 Å². The first-order chi connectivity index (χ1) is 7.88. The molecule has 0 radical (unpaired) electrons. The van der Waals surface area contributed by atoms with E-state index in [1.165, 1.54) is 5.69 Å². The number of hydrogen-bond acceptors (Lipinski definition) is 3. The Balaban J connectivity index is 2.16. The van der Waals surface area contributed by atoms with Gasteiger partial charge in [-0.15, -0.1) is 0 Å². The molecule has 0 aromatic carbocycles. The van der Waals surface area contributed by atoms with Gasteiger partial charge >= 0.3 is 0 Å². The minimum absolute atomic E-state index is 0.118. The van der Waals surface area contributed by atoms with Crippen molar-refractivity contribution in [3.63, 3.8) is 0 Å². The maximum absolute atomic E-state index is 4.47. The third-order valence-corrected chi connectivity index (χ3v) is 3.51. The van der Waals surface area contributed by atoms with Crippen LogP contribution >= 0.6 is 0 Å². The van der Waals surface area contributed by atoms with Crippen LogP contribution in [0.1, 0.15) is 26.5 Å². The second-order valence-corrected chi connectivity index (χ2v) is 6.14. The van der Waals surface area contributed by atoms with Crippen LogP contribution in [0.15, 0.2) is 18.3 Å². The Morgan fingerprint density at radius 1 is 1.35 bits per heavy atom. The zero-order valence-electron chi connectivity index (χ0n) is 11.6. The molecular weight excluding hydrogens is 210 g/mol. The van der Waals surface area contributed by atoms with Crippen LogP contribution < -0.4 is 4.90 Å². The maximum atomic E-state index is 4.47. The highest BCUT2D eigenvalue weighted by Crippen LogP contribution is 2.26. The molecule has 0 spiro atoms. The highest BCUT2D eigenvalue weighted by atomic mass is 15.3. The lowest BCUT2D eigenvalue weighted by Crippen LogP contribution is -2.56. The molecule has 2 heterocycles. The van der Waals surface area contributed by atoms with Crippen LogP contribution in [0.25, 0.3) is 0 Å². The van der Waals surface area contributed by atoms with Crippen molar-refractivity contribution in [1.82, 2.24) is 9.88 Å². The van der Waals surface area contributed by atoms with Gasteiger partial charge in [0.2, 0.25) is 0 Å². The molecule has 1 aliphatic heterocycles. The summed E-state index contributed by atoms with van der Waals surface area (Å²) in [5.41, 5.74) is 2.56. The fraction of sp³-hybridized carbons (Fsp3) is 0.643. The molecule has 94 valence electrons. The maximum Gasteiger partial charge on any atom is 0.0540 e. The molecule has 0 amide bonds. The second-order valence-electron chi connectivity index (χ2n) is 6.14. The molecule has 3 heteroatoms. The van der Waals surface area contributed by atoms with Gasteiger partial charge in [-0.3, -0.25) is 4.98 Å². The highest BCUT2D eigenvalue weighted by Gasteiger charge is 2.27. The van der Waals surface area contributed by atoms with Crippen molar-refractivity contribution in [2.24, 2.45) is 0 Å². The average molecular weight is 233 g/mol. The third-order valence-electron chi connectivity index (χ3n) is 3.51. The Kier molecular flexibility index (Phi) is 3.13. The number of rotatable bonds is 2. The van der Waals surface area contributed by atoms with Crippen molar-refractivity contribution >= 4 is 5.69 Å². The summed E-state index contributed by atoms with van der Waals surface area (Å²) in [5, 5.41) is 0. The molecule has 1 fully saturated rings. The smallest absolute Gasteiger partial charge is 0.0540 e. The van der Waals surface area contributed by atoms with Crippen molar-refractivity contribution < 1.29 is 0 Å². The van der Waals surface area contributed by atoms with Gasteiger partial charge in [0.1, 0.15) is 0 Å². The van der Waals surface area contributed by atoms with E-state index in [4.69, 9.17) is 0 Å². The normalized spacial score (nSPS) is 17.9. The number of aromatic nitrogens is 1. The lowest BCUT2D eigenvalue weighted by Gasteiger charge is -2.43. The molecule has 3 nitrogen and oxygen atoms in total. The predicted octanol–water partition coefficient (Wildman–Crippen LogP) is 2.13. The summed E-state index contributed by atoms with van der Waals surface area (Å²) in [6.45, 7) is 8.93. The van der Waals surface area contributed by atoms with E-state index in [1.807, 2.05) is 6.20 Å². The fourth-order valence-electron chi connectivity index (χ4n) is 2.17. The zero-order chi connectivity index (χ0) is 12.6. The van der Waals surface area contributed by atoms with E-state index in [9.17, 15) is 0 Å². The van der Waals surface area contributed by atoms with Gasteiger partial charge < -0.3 is 9.80 Å². The minimum Gasteiger partial charge on any atom is -0.369 e. The highest BCUT2D eigenvalue weighted by molar-refractivity contribution is 5.48. The van der Waals surface area contributed by atoms with Crippen LogP contribution in [-0.2, 0) is 5.41 Å². The van der Waals surface area contributed by atoms with Gasteiger partial charge in [0.25, 0.3) is 0 Å². The molecule has 17 heavy (non-hydrogen) atoms. The van der Waals surface area contributed by atoms with Gasteiger partial charge in [-0.2, -0.15) is 0 Å². The summed E-state index contributed by atoms with van der Waals surface area (Å²) in [7, 11) is 4.34. The first-order valence-corrected chi connectivity index (χ1v) is 6.26. The summed E-state index contributed by atoms with van der Waals surface area (Å²) in [5.74, 6) is 0. The van der Waals surface area contributed by atoms with E-state index in [0.717, 1.165) is 18.8 Å². The number of nitrogens with zero attached hydrogens (tertiary/aromatic N) is 3. The Bertz CT molecular complexity index is 389. The monoisotopic (exact) mass is 233 g/mol. The van der Waals surface area contributed by atoms with E-state index in [1.54, 1.807) is 0 Å². The van der Waals surface area contributed by atoms with Gasteiger partial charge in [0.05, 0.1) is 6.04 Å². The Hall–Kier alpha value is -1.09. The molecule has 0 unspecified atom stereocenters. The lowest BCUT2D eigenvalue weighted by molar-refractivity contribution is 0.187. The third kappa shape index (κ3) is 2.60. The number of likely N-dealkylation sites (tertiary alicyclic amines) is 1. The van der Waals surface area contributed by atoms with Crippen molar-refractivity contribution in [3.8, 4) is 0 Å². The van der Waals surface area contributed by atoms with Crippen LogP contribution in [0.4, 0.5) is 5.69 Å². The molecular formula is C14H23N3. The van der Waals surface area contributed by atoms with Crippen molar-refractivity contribution in [1.29, 1.82) is 0 Å². The van der Waals surface area contributed by atoms with Gasteiger partial charge in [0.15, 0.2) is 0 Å². The van der Waals surface area contributed by atoms with Gasteiger partial charge in [-0.05, 0) is 19.2 Å². The molecule has 1 aromatic heterocycles. The van der Waals surface area contributed by atoms with Crippen molar-refractivity contribution in [2.45, 2.75) is 32.2 Å². The standard InChI is InChI=1S/C14H23N3/c1-14(2,3)13-8-11(6-7-15-13)17(5)12-9-16(4)10-12/h6-8,12H,9-10H2,1-5H3. The molecule has 0 N–H and O–H groups in total. The van der Waals surface area contributed by atoms with Crippen LogP contribution in [0.5, 0.6) is 0 Å². The molecule has 1 aliphatic rings. The van der Waals surface area contributed by atoms with Crippen LogP contribution in [-0.4, -0.2) is 43.1 Å². The molecule has 2 rings (SSSR count). The van der Waals surface area contributed by atoms with Crippen LogP contribution in [0, 0.1) is 0 Å². The number of likely N-dealkylation sites (N-methyl/N-ethyl adjacent to an activating group) is 2. The molecule has 0 saturated carbocycles. The summed E-state index contributed by atoms with van der Waals surface area (Å²) < 4.78 is 0. The number of pyridine rings is 1. The lowest BCUT2D eigenvalue weighted by atomic mass is 9.91. The predicted molar refractivity (Wildman–Crippen MR) is 72.6 cm³/mol. The Morgan fingerprint density at radius 2 is 2.00 bits per heavy atom. The first kappa shape index (κ1) is 12.4. The summed E-state index contributed by atoms with van der Waals surface area (Å²) >= 11 is 0. The van der Waals surface area contributed by atoms with Gasteiger partial charge in [0, 0.05) is 43.1 Å². The largest absolute Gasteiger partial charge is 0.369 e. The fourth-order valence-corrected chi connectivity index (χ4v) is 2.17. The minimum atomic E-state index is 0.118. The van der Waals surface area contributed by atoms with Crippen molar-refractivity contribution in [2.75, 3.05) is 32.1 Å². The Morgan fingerprint density at radius 3 is 2.53 bits per heavy atom. The van der Waals surface area contributed by atoms with E-state index >= 15 is 0 Å². The molecule has 0 bridgehead atoms. The van der Waals surface area contributed by atoms with Crippen LogP contribution in [0.3, 0.4) is 0 Å². The summed E-state index contributed by atoms with van der Waals surface area (Å²) in [6.07, 6.45) is 1.93. The Labute approximate surface area is 104 Å². The molecule has 1 saturated heterocycles. The van der Waals surface area contributed by atoms with Gasteiger partial charge in [-0.1, -0.05) is 20.8 Å². The molecule has 0 atom stereocenters. The SMILES string of the molecule is CN1CC(N(C)c2ccnc(C(C)(C)C)c2)C1. The average Bonchev–Trinajstić information content (AvgIpc) is 2.23. The van der Waals surface area contributed by atoms with E-state index in [0.29, 0.717) is 6.04 Å². The zero-order valence-corrected chi connectivity index (χ0v) is 11.6. The quantitative estimate of drug-likeness (QED) is 0.780. The number of hydrogen-bond donors (Lipinski definition) is 0. The summed E-state index contributed by atoms with van der Waals surface area (Å²) in [4.78, 5) is 9.19.